The maximum Gasteiger partial charge on any atom is 0.141 e. The van der Waals surface area contributed by atoms with Gasteiger partial charge in [-0.2, -0.15) is 0 Å². The summed E-state index contributed by atoms with van der Waals surface area (Å²) >= 11 is 0. The van der Waals surface area contributed by atoms with Crippen molar-refractivity contribution >= 4 is 24.8 Å². The second-order valence-corrected chi connectivity index (χ2v) is 3.05. The van der Waals surface area contributed by atoms with Crippen molar-refractivity contribution in [2.75, 3.05) is 6.54 Å². The van der Waals surface area contributed by atoms with Gasteiger partial charge in [-0.15, -0.1) is 24.8 Å². The minimum absolute atomic E-state index is 0. The summed E-state index contributed by atoms with van der Waals surface area (Å²) in [6.45, 7) is 1.05. The molecule has 0 amide bonds. The fourth-order valence-electron chi connectivity index (χ4n) is 1.53. The smallest absolute Gasteiger partial charge is 0.141 e. The van der Waals surface area contributed by atoms with Gasteiger partial charge in [-0.05, 0) is 31.5 Å². The monoisotopic (exact) mass is 238 g/mol. The molecule has 14 heavy (non-hydrogen) atoms. The third kappa shape index (κ3) is 3.08. The standard InChI is InChI=1S/C9H11FN2.2ClH/c10-7-3-4-9(12-6-7)8-2-1-5-11-8;;/h3-4,6,8,11H,1-2,5H2;2*1H. The molecule has 5 heteroatoms. The zero-order valence-electron chi connectivity index (χ0n) is 7.57. The van der Waals surface area contributed by atoms with Crippen molar-refractivity contribution in [1.82, 2.24) is 10.3 Å². The third-order valence-corrected chi connectivity index (χ3v) is 2.17. The van der Waals surface area contributed by atoms with Crippen molar-refractivity contribution in [3.8, 4) is 0 Å². The van der Waals surface area contributed by atoms with Crippen molar-refractivity contribution in [2.24, 2.45) is 0 Å². The lowest BCUT2D eigenvalue weighted by Crippen LogP contribution is -2.13. The Morgan fingerprint density at radius 3 is 2.64 bits per heavy atom. The van der Waals surface area contributed by atoms with E-state index in [1.807, 2.05) is 0 Å². The van der Waals surface area contributed by atoms with E-state index in [2.05, 4.69) is 10.3 Å². The van der Waals surface area contributed by atoms with Crippen LogP contribution in [0.1, 0.15) is 24.6 Å². The summed E-state index contributed by atoms with van der Waals surface area (Å²) in [6, 6.07) is 3.55. The summed E-state index contributed by atoms with van der Waals surface area (Å²) in [5.74, 6) is -0.267. The molecule has 1 atom stereocenters. The van der Waals surface area contributed by atoms with E-state index in [1.54, 1.807) is 6.07 Å². The molecule has 0 aliphatic carbocycles. The predicted molar refractivity (Wildman–Crippen MR) is 58.7 cm³/mol. The van der Waals surface area contributed by atoms with Gasteiger partial charge in [0.05, 0.1) is 11.9 Å². The molecule has 2 rings (SSSR count). The highest BCUT2D eigenvalue weighted by molar-refractivity contribution is 5.85. The maximum absolute atomic E-state index is 12.5. The topological polar surface area (TPSA) is 24.9 Å². The van der Waals surface area contributed by atoms with Crippen LogP contribution >= 0.6 is 24.8 Å². The minimum Gasteiger partial charge on any atom is -0.309 e. The molecule has 2 nitrogen and oxygen atoms in total. The Balaban J connectivity index is 0.000000845. The van der Waals surface area contributed by atoms with Crippen LogP contribution in [0.5, 0.6) is 0 Å². The summed E-state index contributed by atoms with van der Waals surface area (Å²) in [4.78, 5) is 4.02. The van der Waals surface area contributed by atoms with Gasteiger partial charge < -0.3 is 5.32 Å². The Hall–Kier alpha value is -0.380. The summed E-state index contributed by atoms with van der Waals surface area (Å²) in [6.07, 6.45) is 3.57. The van der Waals surface area contributed by atoms with Crippen molar-refractivity contribution in [3.63, 3.8) is 0 Å². The van der Waals surface area contributed by atoms with Gasteiger partial charge in [0.1, 0.15) is 5.82 Å². The third-order valence-electron chi connectivity index (χ3n) is 2.17. The SMILES string of the molecule is Cl.Cl.Fc1ccc(C2CCCN2)nc1. The van der Waals surface area contributed by atoms with E-state index in [0.717, 1.165) is 18.7 Å². The van der Waals surface area contributed by atoms with Gasteiger partial charge in [-0.3, -0.25) is 4.98 Å². The van der Waals surface area contributed by atoms with Crippen LogP contribution in [0, 0.1) is 5.82 Å². The second-order valence-electron chi connectivity index (χ2n) is 3.05. The first-order chi connectivity index (χ1) is 5.86. The Morgan fingerprint density at radius 2 is 2.14 bits per heavy atom. The van der Waals surface area contributed by atoms with E-state index in [-0.39, 0.29) is 30.6 Å². The van der Waals surface area contributed by atoms with E-state index in [4.69, 9.17) is 0 Å². The summed E-state index contributed by atoms with van der Waals surface area (Å²) in [7, 11) is 0. The Bertz CT molecular complexity index is 260. The van der Waals surface area contributed by atoms with Crippen LogP contribution in [-0.2, 0) is 0 Å². The van der Waals surface area contributed by atoms with Crippen molar-refractivity contribution in [1.29, 1.82) is 0 Å². The molecule has 1 aliphatic rings. The Kier molecular flexibility index (Phi) is 6.00. The molecule has 0 bridgehead atoms. The number of aromatic nitrogens is 1. The van der Waals surface area contributed by atoms with Gasteiger partial charge in [0.2, 0.25) is 0 Å². The molecule has 1 aromatic rings. The van der Waals surface area contributed by atoms with Gasteiger partial charge in [0.15, 0.2) is 0 Å². The molecule has 1 saturated heterocycles. The van der Waals surface area contributed by atoms with Gasteiger partial charge in [0.25, 0.3) is 0 Å². The van der Waals surface area contributed by atoms with Crippen LogP contribution < -0.4 is 5.32 Å². The number of hydrogen-bond donors (Lipinski definition) is 1. The number of rotatable bonds is 1. The first kappa shape index (κ1) is 13.6. The average Bonchev–Trinajstić information content (AvgIpc) is 2.58. The van der Waals surface area contributed by atoms with E-state index in [0.29, 0.717) is 6.04 Å². The summed E-state index contributed by atoms with van der Waals surface area (Å²) in [5, 5.41) is 3.31. The number of hydrogen-bond acceptors (Lipinski definition) is 2. The highest BCUT2D eigenvalue weighted by Gasteiger charge is 2.16. The highest BCUT2D eigenvalue weighted by atomic mass is 35.5. The molecule has 1 fully saturated rings. The normalized spacial score (nSPS) is 19.6. The molecular weight excluding hydrogens is 226 g/mol. The second kappa shape index (κ2) is 6.17. The van der Waals surface area contributed by atoms with Crippen LogP contribution in [0.3, 0.4) is 0 Å². The minimum atomic E-state index is -0.267. The van der Waals surface area contributed by atoms with E-state index < -0.39 is 0 Å². The van der Waals surface area contributed by atoms with Crippen molar-refractivity contribution in [2.45, 2.75) is 18.9 Å². The Morgan fingerprint density at radius 1 is 1.36 bits per heavy atom. The van der Waals surface area contributed by atoms with E-state index in [1.165, 1.54) is 18.7 Å². The molecule has 1 aliphatic heterocycles. The molecule has 1 aromatic heterocycles. The summed E-state index contributed by atoms with van der Waals surface area (Å²) in [5.41, 5.74) is 0.953. The van der Waals surface area contributed by atoms with Crippen LogP contribution in [0.4, 0.5) is 4.39 Å². The lowest BCUT2D eigenvalue weighted by Gasteiger charge is -2.07. The van der Waals surface area contributed by atoms with E-state index >= 15 is 0 Å². The lowest BCUT2D eigenvalue weighted by atomic mass is 10.1. The van der Waals surface area contributed by atoms with Gasteiger partial charge in [-0.1, -0.05) is 0 Å². The number of nitrogens with zero attached hydrogens (tertiary/aromatic N) is 1. The number of halogens is 3. The molecule has 0 saturated carbocycles. The predicted octanol–water partition coefficient (Wildman–Crippen LogP) is 2.49. The van der Waals surface area contributed by atoms with Gasteiger partial charge in [0, 0.05) is 6.04 Å². The summed E-state index contributed by atoms with van der Waals surface area (Å²) < 4.78 is 12.5. The van der Waals surface area contributed by atoms with E-state index in [9.17, 15) is 4.39 Å². The van der Waals surface area contributed by atoms with Crippen LogP contribution in [0.25, 0.3) is 0 Å². The Labute approximate surface area is 95.1 Å². The number of pyridine rings is 1. The largest absolute Gasteiger partial charge is 0.309 e. The van der Waals surface area contributed by atoms with Gasteiger partial charge in [-0.25, -0.2) is 4.39 Å². The van der Waals surface area contributed by atoms with Crippen LogP contribution in [0.2, 0.25) is 0 Å². The first-order valence-electron chi connectivity index (χ1n) is 4.21. The molecule has 0 aromatic carbocycles. The number of nitrogens with one attached hydrogen (secondary N) is 1. The zero-order chi connectivity index (χ0) is 8.39. The average molecular weight is 239 g/mol. The quantitative estimate of drug-likeness (QED) is 0.814. The first-order valence-corrected chi connectivity index (χ1v) is 4.21. The molecule has 1 N–H and O–H groups in total. The van der Waals surface area contributed by atoms with Crippen molar-refractivity contribution in [3.05, 3.63) is 29.8 Å². The maximum atomic E-state index is 12.5. The van der Waals surface area contributed by atoms with Gasteiger partial charge >= 0.3 is 0 Å². The molecule has 80 valence electrons. The fraction of sp³-hybridized carbons (Fsp3) is 0.444. The molecule has 1 unspecified atom stereocenters. The van der Waals surface area contributed by atoms with Crippen LogP contribution in [0.15, 0.2) is 18.3 Å². The molecule has 2 heterocycles. The zero-order valence-corrected chi connectivity index (χ0v) is 9.21. The van der Waals surface area contributed by atoms with Crippen molar-refractivity contribution < 1.29 is 4.39 Å². The van der Waals surface area contributed by atoms with Crippen LogP contribution in [-0.4, -0.2) is 11.5 Å². The molecule has 0 spiro atoms. The highest BCUT2D eigenvalue weighted by Crippen LogP contribution is 2.20. The fourth-order valence-corrected chi connectivity index (χ4v) is 1.53. The lowest BCUT2D eigenvalue weighted by molar-refractivity contribution is 0.598. The molecular formula is C9H13Cl2FN2. The molecule has 0 radical (unpaired) electrons.